The van der Waals surface area contributed by atoms with E-state index in [-0.39, 0.29) is 29.9 Å². The summed E-state index contributed by atoms with van der Waals surface area (Å²) in [4.78, 5) is 19.1. The molecule has 0 spiro atoms. The Morgan fingerprint density at radius 3 is 2.38 bits per heavy atom. The van der Waals surface area contributed by atoms with Gasteiger partial charge in [-0.3, -0.25) is 4.79 Å². The maximum absolute atomic E-state index is 11.9. The van der Waals surface area contributed by atoms with Gasteiger partial charge in [0.2, 0.25) is 0 Å². The van der Waals surface area contributed by atoms with Gasteiger partial charge in [0.15, 0.2) is 5.96 Å². The third-order valence-electron chi connectivity index (χ3n) is 5.06. The number of benzene rings is 2. The zero-order valence-electron chi connectivity index (χ0n) is 17.2. The van der Waals surface area contributed by atoms with Gasteiger partial charge in [-0.25, -0.2) is 4.99 Å². The number of hydrogen-bond acceptors (Lipinski definition) is 2. The van der Waals surface area contributed by atoms with Crippen LogP contribution in [0, 0.1) is 0 Å². The summed E-state index contributed by atoms with van der Waals surface area (Å²) in [7, 11) is 0. The number of halogens is 1. The number of nitrogens with one attached hydrogen (secondary N) is 2. The molecular formula is C23H31IN4O. The summed E-state index contributed by atoms with van der Waals surface area (Å²) in [5.41, 5.74) is 3.19. The monoisotopic (exact) mass is 506 g/mol. The van der Waals surface area contributed by atoms with Crippen molar-refractivity contribution in [3.05, 3.63) is 71.3 Å². The Balaban J connectivity index is 0.00000300. The number of likely N-dealkylation sites (tertiary alicyclic amines) is 1. The van der Waals surface area contributed by atoms with Crippen molar-refractivity contribution >= 4 is 35.8 Å². The van der Waals surface area contributed by atoms with Gasteiger partial charge in [0.05, 0.1) is 6.54 Å². The predicted octanol–water partition coefficient (Wildman–Crippen LogP) is 4.01. The third-order valence-corrected chi connectivity index (χ3v) is 5.06. The van der Waals surface area contributed by atoms with Crippen LogP contribution < -0.4 is 10.6 Å². The van der Waals surface area contributed by atoms with Crippen LogP contribution >= 0.6 is 24.0 Å². The molecule has 0 saturated carbocycles. The highest BCUT2D eigenvalue weighted by Crippen LogP contribution is 2.27. The smallest absolute Gasteiger partial charge is 0.251 e. The van der Waals surface area contributed by atoms with E-state index in [4.69, 9.17) is 4.99 Å². The van der Waals surface area contributed by atoms with Crippen LogP contribution in [0.1, 0.15) is 47.7 Å². The van der Waals surface area contributed by atoms with Crippen LogP contribution in [0.3, 0.4) is 0 Å². The van der Waals surface area contributed by atoms with Crippen molar-refractivity contribution in [2.24, 2.45) is 4.99 Å². The van der Waals surface area contributed by atoms with Gasteiger partial charge in [0.25, 0.3) is 5.91 Å². The van der Waals surface area contributed by atoms with E-state index in [1.807, 2.05) is 31.2 Å². The average Bonchev–Trinajstić information content (AvgIpc) is 3.22. The van der Waals surface area contributed by atoms with Gasteiger partial charge in [0, 0.05) is 37.7 Å². The van der Waals surface area contributed by atoms with Crippen molar-refractivity contribution in [3.8, 4) is 0 Å². The highest BCUT2D eigenvalue weighted by Gasteiger charge is 2.25. The topological polar surface area (TPSA) is 56.7 Å². The fraction of sp³-hybridized carbons (Fsp3) is 0.391. The maximum Gasteiger partial charge on any atom is 0.251 e. The molecule has 1 fully saturated rings. The fourth-order valence-electron chi connectivity index (χ4n) is 3.57. The molecule has 0 aliphatic carbocycles. The lowest BCUT2D eigenvalue weighted by molar-refractivity contribution is 0.0956. The van der Waals surface area contributed by atoms with Crippen molar-refractivity contribution < 1.29 is 4.79 Å². The molecule has 1 saturated heterocycles. The van der Waals surface area contributed by atoms with Crippen LogP contribution in [0.5, 0.6) is 0 Å². The van der Waals surface area contributed by atoms with Gasteiger partial charge >= 0.3 is 0 Å². The summed E-state index contributed by atoms with van der Waals surface area (Å²) < 4.78 is 0. The Labute approximate surface area is 191 Å². The van der Waals surface area contributed by atoms with E-state index in [1.54, 1.807) is 0 Å². The normalized spacial score (nSPS) is 16.3. The van der Waals surface area contributed by atoms with Crippen molar-refractivity contribution in [2.45, 2.75) is 32.7 Å². The Morgan fingerprint density at radius 1 is 1.03 bits per heavy atom. The Morgan fingerprint density at radius 2 is 1.72 bits per heavy atom. The van der Waals surface area contributed by atoms with Crippen molar-refractivity contribution in [1.29, 1.82) is 0 Å². The molecule has 2 aromatic carbocycles. The molecule has 5 nitrogen and oxygen atoms in total. The van der Waals surface area contributed by atoms with E-state index in [0.29, 0.717) is 24.6 Å². The molecule has 1 aliphatic rings. The lowest BCUT2D eigenvalue weighted by Gasteiger charge is -2.22. The average molecular weight is 506 g/mol. The third kappa shape index (κ3) is 6.45. The second-order valence-electron chi connectivity index (χ2n) is 7.07. The minimum Gasteiger partial charge on any atom is -0.357 e. The summed E-state index contributed by atoms with van der Waals surface area (Å²) in [6, 6.07) is 18.4. The molecule has 1 atom stereocenters. The zero-order valence-corrected chi connectivity index (χ0v) is 19.6. The fourth-order valence-corrected chi connectivity index (χ4v) is 3.57. The first kappa shape index (κ1) is 23.2. The van der Waals surface area contributed by atoms with Gasteiger partial charge in [-0.2, -0.15) is 0 Å². The van der Waals surface area contributed by atoms with E-state index in [1.165, 1.54) is 5.56 Å². The molecule has 3 rings (SSSR count). The molecule has 0 bridgehead atoms. The molecule has 1 unspecified atom stereocenters. The molecule has 1 amide bonds. The second kappa shape index (κ2) is 11.8. The van der Waals surface area contributed by atoms with Crippen LogP contribution in [0.25, 0.3) is 0 Å². The van der Waals surface area contributed by atoms with E-state index >= 15 is 0 Å². The summed E-state index contributed by atoms with van der Waals surface area (Å²) in [6.45, 7) is 8.11. The number of nitrogens with zero attached hydrogens (tertiary/aromatic N) is 2. The molecule has 2 aromatic rings. The van der Waals surface area contributed by atoms with Crippen LogP contribution in [-0.4, -0.2) is 42.9 Å². The lowest BCUT2D eigenvalue weighted by atomic mass is 9.99. The first-order valence-electron chi connectivity index (χ1n) is 10.2. The largest absolute Gasteiger partial charge is 0.357 e. The Kier molecular flexibility index (Phi) is 9.44. The van der Waals surface area contributed by atoms with Crippen molar-refractivity contribution in [1.82, 2.24) is 15.5 Å². The highest BCUT2D eigenvalue weighted by atomic mass is 127. The minimum absolute atomic E-state index is 0. The molecule has 156 valence electrons. The Bertz CT molecular complexity index is 792. The first-order valence-corrected chi connectivity index (χ1v) is 10.2. The number of amides is 1. The number of rotatable bonds is 6. The van der Waals surface area contributed by atoms with Crippen molar-refractivity contribution in [3.63, 3.8) is 0 Å². The summed E-state index contributed by atoms with van der Waals surface area (Å²) >= 11 is 0. The molecule has 29 heavy (non-hydrogen) atoms. The number of carbonyl (C=O) groups excluding carboxylic acids is 1. The number of hydrogen-bond donors (Lipinski definition) is 2. The molecular weight excluding hydrogens is 475 g/mol. The predicted molar refractivity (Wildman–Crippen MR) is 130 cm³/mol. The van der Waals surface area contributed by atoms with E-state index in [0.717, 1.165) is 37.6 Å². The van der Waals surface area contributed by atoms with Gasteiger partial charge in [-0.15, -0.1) is 24.0 Å². The van der Waals surface area contributed by atoms with E-state index in [9.17, 15) is 4.79 Å². The van der Waals surface area contributed by atoms with E-state index in [2.05, 4.69) is 52.8 Å². The molecule has 1 heterocycles. The van der Waals surface area contributed by atoms with Crippen molar-refractivity contribution in [2.75, 3.05) is 26.2 Å². The summed E-state index contributed by atoms with van der Waals surface area (Å²) in [6.07, 6.45) is 1.15. The number of guanidine groups is 1. The van der Waals surface area contributed by atoms with E-state index < -0.39 is 0 Å². The molecule has 1 aliphatic heterocycles. The molecule has 6 heteroatoms. The van der Waals surface area contributed by atoms with Gasteiger partial charge in [-0.05, 0) is 43.5 Å². The van der Waals surface area contributed by atoms with Crippen LogP contribution in [0.4, 0.5) is 0 Å². The quantitative estimate of drug-likeness (QED) is 0.354. The summed E-state index contributed by atoms with van der Waals surface area (Å²) in [5.74, 6) is 1.49. The lowest BCUT2D eigenvalue weighted by Crippen LogP contribution is -2.40. The zero-order chi connectivity index (χ0) is 19.8. The van der Waals surface area contributed by atoms with Crippen LogP contribution in [-0.2, 0) is 6.54 Å². The number of aliphatic imine (C=N–C) groups is 1. The number of carbonyl (C=O) groups is 1. The minimum atomic E-state index is -0.0325. The standard InChI is InChI=1S/C23H30N4O.HI/c1-3-24-22(28)20-12-10-18(11-13-20)16-26-23(25-4-2)27-15-14-21(17-27)19-8-6-5-7-9-19;/h5-13,21H,3-4,14-17H2,1-2H3,(H,24,28)(H,25,26);1H. The van der Waals surface area contributed by atoms with Gasteiger partial charge < -0.3 is 15.5 Å². The highest BCUT2D eigenvalue weighted by molar-refractivity contribution is 14.0. The molecule has 2 N–H and O–H groups in total. The first-order chi connectivity index (χ1) is 13.7. The van der Waals surface area contributed by atoms with Gasteiger partial charge in [0.1, 0.15) is 0 Å². The van der Waals surface area contributed by atoms with Gasteiger partial charge in [-0.1, -0.05) is 42.5 Å². The Hall–Kier alpha value is -2.09. The van der Waals surface area contributed by atoms with Crippen LogP contribution in [0.2, 0.25) is 0 Å². The second-order valence-corrected chi connectivity index (χ2v) is 7.07. The molecule has 0 aromatic heterocycles. The molecule has 0 radical (unpaired) electrons. The van der Waals surface area contributed by atoms with Crippen LogP contribution in [0.15, 0.2) is 59.6 Å². The maximum atomic E-state index is 11.9. The summed E-state index contributed by atoms with van der Waals surface area (Å²) in [5, 5.41) is 6.24. The SMILES string of the molecule is CCNC(=O)c1ccc(CN=C(NCC)N2CCC(c3ccccc3)C2)cc1.I.